The third-order valence-corrected chi connectivity index (χ3v) is 2.79. The maximum atomic E-state index is 11.1. The predicted octanol–water partition coefficient (Wildman–Crippen LogP) is 0.485. The first kappa shape index (κ1) is 12.7. The Morgan fingerprint density at radius 1 is 1.50 bits per heavy atom. The monoisotopic (exact) mass is 224 g/mol. The molecule has 1 amide bonds. The van der Waals surface area contributed by atoms with E-state index >= 15 is 0 Å². The SMILES string of the molecule is CNC(=O)CCCn1nc(C)c(CN)c1C. The molecule has 0 aliphatic heterocycles. The number of aryl methyl sites for hydroxylation is 2. The molecular formula is C11H20N4O. The van der Waals surface area contributed by atoms with Gasteiger partial charge in [-0.05, 0) is 20.3 Å². The fraction of sp³-hybridized carbons (Fsp3) is 0.636. The number of hydrogen-bond acceptors (Lipinski definition) is 3. The van der Waals surface area contributed by atoms with Gasteiger partial charge in [0.2, 0.25) is 5.91 Å². The smallest absolute Gasteiger partial charge is 0.219 e. The highest BCUT2D eigenvalue weighted by Gasteiger charge is 2.09. The van der Waals surface area contributed by atoms with Crippen LogP contribution >= 0.6 is 0 Å². The number of nitrogens with one attached hydrogen (secondary N) is 1. The van der Waals surface area contributed by atoms with E-state index in [2.05, 4.69) is 10.4 Å². The number of carbonyl (C=O) groups is 1. The summed E-state index contributed by atoms with van der Waals surface area (Å²) in [4.78, 5) is 11.1. The second kappa shape index (κ2) is 5.65. The van der Waals surface area contributed by atoms with Crippen molar-refractivity contribution in [2.45, 2.75) is 39.8 Å². The van der Waals surface area contributed by atoms with Gasteiger partial charge in [0.15, 0.2) is 0 Å². The number of amides is 1. The minimum Gasteiger partial charge on any atom is -0.359 e. The van der Waals surface area contributed by atoms with Crippen LogP contribution in [-0.4, -0.2) is 22.7 Å². The van der Waals surface area contributed by atoms with Crippen molar-refractivity contribution in [3.63, 3.8) is 0 Å². The van der Waals surface area contributed by atoms with Crippen LogP contribution in [-0.2, 0) is 17.9 Å². The summed E-state index contributed by atoms with van der Waals surface area (Å²) in [5.41, 5.74) is 8.85. The molecule has 1 aromatic heterocycles. The first-order chi connectivity index (χ1) is 7.60. The van der Waals surface area contributed by atoms with Gasteiger partial charge in [0.25, 0.3) is 0 Å². The summed E-state index contributed by atoms with van der Waals surface area (Å²) in [5.74, 6) is 0.0700. The molecule has 0 aromatic carbocycles. The molecule has 0 saturated heterocycles. The van der Waals surface area contributed by atoms with E-state index in [1.807, 2.05) is 18.5 Å². The Labute approximate surface area is 96.0 Å². The molecule has 1 aromatic rings. The third kappa shape index (κ3) is 2.82. The largest absolute Gasteiger partial charge is 0.359 e. The van der Waals surface area contributed by atoms with Crippen LogP contribution in [0.25, 0.3) is 0 Å². The van der Waals surface area contributed by atoms with Crippen LogP contribution in [0.2, 0.25) is 0 Å². The normalized spacial score (nSPS) is 10.5. The molecule has 3 N–H and O–H groups in total. The van der Waals surface area contributed by atoms with Gasteiger partial charge in [0.1, 0.15) is 0 Å². The molecule has 0 aliphatic rings. The topological polar surface area (TPSA) is 72.9 Å². The molecule has 5 heteroatoms. The van der Waals surface area contributed by atoms with Gasteiger partial charge >= 0.3 is 0 Å². The zero-order valence-electron chi connectivity index (χ0n) is 10.2. The molecule has 1 heterocycles. The highest BCUT2D eigenvalue weighted by molar-refractivity contribution is 5.75. The number of hydrogen-bond donors (Lipinski definition) is 2. The number of nitrogens with two attached hydrogens (primary N) is 1. The van der Waals surface area contributed by atoms with Crippen molar-refractivity contribution in [3.8, 4) is 0 Å². The molecule has 5 nitrogen and oxygen atoms in total. The van der Waals surface area contributed by atoms with Gasteiger partial charge in [-0.1, -0.05) is 0 Å². The first-order valence-electron chi connectivity index (χ1n) is 5.53. The average Bonchev–Trinajstić information content (AvgIpc) is 2.53. The van der Waals surface area contributed by atoms with E-state index in [-0.39, 0.29) is 5.91 Å². The van der Waals surface area contributed by atoms with Crippen LogP contribution in [0.4, 0.5) is 0 Å². The molecule has 0 bridgehead atoms. The van der Waals surface area contributed by atoms with E-state index < -0.39 is 0 Å². The lowest BCUT2D eigenvalue weighted by Gasteiger charge is -2.04. The molecule has 0 unspecified atom stereocenters. The maximum absolute atomic E-state index is 11.1. The first-order valence-corrected chi connectivity index (χ1v) is 5.53. The molecule has 16 heavy (non-hydrogen) atoms. The van der Waals surface area contributed by atoms with Crippen LogP contribution < -0.4 is 11.1 Å². The van der Waals surface area contributed by atoms with Gasteiger partial charge < -0.3 is 11.1 Å². The molecule has 0 fully saturated rings. The van der Waals surface area contributed by atoms with Crippen molar-refractivity contribution in [2.24, 2.45) is 5.73 Å². The van der Waals surface area contributed by atoms with Crippen LogP contribution in [0.3, 0.4) is 0 Å². The van der Waals surface area contributed by atoms with Gasteiger partial charge in [0.05, 0.1) is 5.69 Å². The van der Waals surface area contributed by atoms with Crippen molar-refractivity contribution in [2.75, 3.05) is 7.05 Å². The molecule has 0 spiro atoms. The summed E-state index contributed by atoms with van der Waals surface area (Å²) in [6.45, 7) is 5.26. The summed E-state index contributed by atoms with van der Waals surface area (Å²) in [5, 5.41) is 7.01. The van der Waals surface area contributed by atoms with Crippen molar-refractivity contribution < 1.29 is 4.79 Å². The van der Waals surface area contributed by atoms with E-state index in [1.54, 1.807) is 7.05 Å². The number of rotatable bonds is 5. The minimum atomic E-state index is 0.0700. The lowest BCUT2D eigenvalue weighted by atomic mass is 10.2. The Morgan fingerprint density at radius 3 is 2.69 bits per heavy atom. The fourth-order valence-electron chi connectivity index (χ4n) is 1.76. The summed E-state index contributed by atoms with van der Waals surface area (Å²) >= 11 is 0. The van der Waals surface area contributed by atoms with Crippen molar-refractivity contribution in [1.82, 2.24) is 15.1 Å². The standard InChI is InChI=1S/C11H20N4O/c1-8-10(7-12)9(2)15(14-8)6-4-5-11(16)13-3/h4-7,12H2,1-3H3,(H,13,16). The second-order valence-electron chi connectivity index (χ2n) is 3.85. The van der Waals surface area contributed by atoms with Crippen LogP contribution in [0.5, 0.6) is 0 Å². The van der Waals surface area contributed by atoms with Gasteiger partial charge in [-0.2, -0.15) is 5.10 Å². The molecular weight excluding hydrogens is 204 g/mol. The van der Waals surface area contributed by atoms with Gasteiger partial charge in [-0.15, -0.1) is 0 Å². The lowest BCUT2D eigenvalue weighted by Crippen LogP contribution is -2.18. The van der Waals surface area contributed by atoms with E-state index in [0.717, 1.165) is 29.9 Å². The van der Waals surface area contributed by atoms with Crippen molar-refractivity contribution >= 4 is 5.91 Å². The maximum Gasteiger partial charge on any atom is 0.219 e. The molecule has 0 radical (unpaired) electrons. The number of carbonyl (C=O) groups excluding carboxylic acids is 1. The molecule has 0 saturated carbocycles. The quantitative estimate of drug-likeness (QED) is 0.764. The lowest BCUT2D eigenvalue weighted by molar-refractivity contribution is -0.120. The fourth-order valence-corrected chi connectivity index (χ4v) is 1.76. The van der Waals surface area contributed by atoms with E-state index in [1.165, 1.54) is 0 Å². The molecule has 0 atom stereocenters. The van der Waals surface area contributed by atoms with Crippen molar-refractivity contribution in [1.29, 1.82) is 0 Å². The zero-order valence-corrected chi connectivity index (χ0v) is 10.2. The molecule has 90 valence electrons. The van der Waals surface area contributed by atoms with Crippen LogP contribution in [0, 0.1) is 13.8 Å². The Balaban J connectivity index is 2.58. The minimum absolute atomic E-state index is 0.0700. The Bertz CT molecular complexity index is 370. The highest BCUT2D eigenvalue weighted by Crippen LogP contribution is 2.12. The van der Waals surface area contributed by atoms with Gasteiger partial charge in [-0.25, -0.2) is 0 Å². The van der Waals surface area contributed by atoms with Crippen LogP contribution in [0.15, 0.2) is 0 Å². The van der Waals surface area contributed by atoms with E-state index in [4.69, 9.17) is 5.73 Å². The zero-order chi connectivity index (χ0) is 12.1. The van der Waals surface area contributed by atoms with Gasteiger partial charge in [-0.3, -0.25) is 9.48 Å². The van der Waals surface area contributed by atoms with E-state index in [9.17, 15) is 4.79 Å². The number of aromatic nitrogens is 2. The van der Waals surface area contributed by atoms with Gasteiger partial charge in [0, 0.05) is 37.8 Å². The average molecular weight is 224 g/mol. The highest BCUT2D eigenvalue weighted by atomic mass is 16.1. The Hall–Kier alpha value is -1.36. The Morgan fingerprint density at radius 2 is 2.19 bits per heavy atom. The predicted molar refractivity (Wildman–Crippen MR) is 62.9 cm³/mol. The summed E-state index contributed by atoms with van der Waals surface area (Å²) in [7, 11) is 1.65. The Kier molecular flexibility index (Phi) is 4.49. The summed E-state index contributed by atoms with van der Waals surface area (Å²) in [6.07, 6.45) is 1.33. The second-order valence-corrected chi connectivity index (χ2v) is 3.85. The molecule has 1 rings (SSSR count). The molecule has 0 aliphatic carbocycles. The summed E-state index contributed by atoms with van der Waals surface area (Å²) < 4.78 is 1.93. The third-order valence-electron chi connectivity index (χ3n) is 2.79. The number of nitrogens with zero attached hydrogens (tertiary/aromatic N) is 2. The summed E-state index contributed by atoms with van der Waals surface area (Å²) in [6, 6.07) is 0. The van der Waals surface area contributed by atoms with E-state index in [0.29, 0.717) is 13.0 Å². The van der Waals surface area contributed by atoms with Crippen LogP contribution in [0.1, 0.15) is 29.8 Å². The van der Waals surface area contributed by atoms with Crippen molar-refractivity contribution in [3.05, 3.63) is 17.0 Å².